The molecule has 1 heteroatoms. The maximum absolute atomic E-state index is 5.46. The molecule has 0 aliphatic heterocycles. The van der Waals surface area contributed by atoms with Crippen molar-refractivity contribution in [2.75, 3.05) is 5.75 Å². The van der Waals surface area contributed by atoms with Crippen LogP contribution in [0.3, 0.4) is 0 Å². The minimum atomic E-state index is 0.325. The maximum atomic E-state index is 5.46. The average molecular weight is 196 g/mol. The van der Waals surface area contributed by atoms with Gasteiger partial charge in [-0.15, -0.1) is 12.3 Å². The van der Waals surface area contributed by atoms with E-state index in [1.807, 2.05) is 0 Å². The molecule has 0 N–H and O–H groups in total. The zero-order valence-electron chi connectivity index (χ0n) is 8.88. The summed E-state index contributed by atoms with van der Waals surface area (Å²) >= 11 is 4.10. The Balaban J connectivity index is 3.92. The van der Waals surface area contributed by atoms with Gasteiger partial charge in [-0.25, -0.2) is 0 Å². The fourth-order valence-electron chi connectivity index (χ4n) is 1.28. The fraction of sp³-hybridized carbons (Fsp3) is 0.667. The highest BCUT2D eigenvalue weighted by molar-refractivity contribution is 7.80. The zero-order valence-corrected chi connectivity index (χ0v) is 9.77. The van der Waals surface area contributed by atoms with Crippen molar-refractivity contribution in [2.45, 2.75) is 33.6 Å². The van der Waals surface area contributed by atoms with Gasteiger partial charge < -0.3 is 0 Å². The maximum Gasteiger partial charge on any atom is 0.0239 e. The Morgan fingerprint density at radius 3 is 2.38 bits per heavy atom. The SMILES string of the molecule is C#CC(C/C=C\CS)CC(C)(C)C. The molecule has 0 rings (SSSR count). The summed E-state index contributed by atoms with van der Waals surface area (Å²) in [4.78, 5) is 0. The van der Waals surface area contributed by atoms with Crippen LogP contribution in [0.5, 0.6) is 0 Å². The van der Waals surface area contributed by atoms with E-state index in [2.05, 4.69) is 51.5 Å². The third-order valence-corrected chi connectivity index (χ3v) is 2.00. The lowest BCUT2D eigenvalue weighted by Crippen LogP contribution is -2.11. The first-order valence-electron chi connectivity index (χ1n) is 4.71. The van der Waals surface area contributed by atoms with E-state index in [1.165, 1.54) is 0 Å². The normalized spacial score (nSPS) is 14.4. The summed E-state index contributed by atoms with van der Waals surface area (Å²) in [6.07, 6.45) is 11.7. The van der Waals surface area contributed by atoms with Crippen LogP contribution in [-0.2, 0) is 0 Å². The molecule has 1 atom stereocenters. The summed E-state index contributed by atoms with van der Waals surface area (Å²) in [5, 5.41) is 0. The van der Waals surface area contributed by atoms with Gasteiger partial charge >= 0.3 is 0 Å². The summed E-state index contributed by atoms with van der Waals surface area (Å²) in [6, 6.07) is 0. The van der Waals surface area contributed by atoms with Crippen molar-refractivity contribution >= 4 is 12.6 Å². The van der Waals surface area contributed by atoms with Crippen molar-refractivity contribution in [3.8, 4) is 12.3 Å². The van der Waals surface area contributed by atoms with Crippen molar-refractivity contribution in [3.05, 3.63) is 12.2 Å². The van der Waals surface area contributed by atoms with Gasteiger partial charge in [0.2, 0.25) is 0 Å². The third kappa shape index (κ3) is 7.99. The molecule has 0 heterocycles. The van der Waals surface area contributed by atoms with Crippen LogP contribution < -0.4 is 0 Å². The van der Waals surface area contributed by atoms with Gasteiger partial charge in [0.15, 0.2) is 0 Å². The lowest BCUT2D eigenvalue weighted by Gasteiger charge is -2.21. The molecule has 1 unspecified atom stereocenters. The first-order chi connectivity index (χ1) is 5.99. The van der Waals surface area contributed by atoms with Crippen LogP contribution in [0.1, 0.15) is 33.6 Å². The summed E-state index contributed by atoms with van der Waals surface area (Å²) in [6.45, 7) is 6.67. The van der Waals surface area contributed by atoms with Gasteiger partial charge in [-0.3, -0.25) is 0 Å². The summed E-state index contributed by atoms with van der Waals surface area (Å²) < 4.78 is 0. The monoisotopic (exact) mass is 196 g/mol. The highest BCUT2D eigenvalue weighted by Crippen LogP contribution is 2.25. The molecule has 0 nitrogen and oxygen atoms in total. The molecule has 0 aromatic carbocycles. The van der Waals surface area contributed by atoms with E-state index < -0.39 is 0 Å². The molecule has 0 amide bonds. The second kappa shape index (κ2) is 6.16. The second-order valence-corrected chi connectivity index (χ2v) is 4.88. The largest absolute Gasteiger partial charge is 0.175 e. The van der Waals surface area contributed by atoms with Gasteiger partial charge in [-0.2, -0.15) is 12.6 Å². The highest BCUT2D eigenvalue weighted by atomic mass is 32.1. The topological polar surface area (TPSA) is 0 Å². The summed E-state index contributed by atoms with van der Waals surface area (Å²) in [7, 11) is 0. The summed E-state index contributed by atoms with van der Waals surface area (Å²) in [5.74, 6) is 4.01. The highest BCUT2D eigenvalue weighted by Gasteiger charge is 2.15. The van der Waals surface area contributed by atoms with Gasteiger partial charge in [0.05, 0.1) is 0 Å². The van der Waals surface area contributed by atoms with Crippen molar-refractivity contribution in [2.24, 2.45) is 11.3 Å². The van der Waals surface area contributed by atoms with Crippen molar-refractivity contribution in [1.29, 1.82) is 0 Å². The predicted octanol–water partition coefficient (Wildman–Crippen LogP) is 3.55. The number of hydrogen-bond acceptors (Lipinski definition) is 1. The van der Waals surface area contributed by atoms with Crippen LogP contribution in [-0.4, -0.2) is 5.75 Å². The number of terminal acetylenes is 1. The molecule has 0 aromatic rings. The Morgan fingerprint density at radius 1 is 1.38 bits per heavy atom. The van der Waals surface area contributed by atoms with Gasteiger partial charge in [0.25, 0.3) is 0 Å². The standard InChI is InChI=1S/C12H20S/c1-5-11(8-6-7-9-13)10-12(2,3)4/h1,6-7,11,13H,8-10H2,2-4H3/b7-6-. The molecule has 0 radical (unpaired) electrons. The molecular formula is C12H20S. The van der Waals surface area contributed by atoms with E-state index in [0.717, 1.165) is 18.6 Å². The minimum Gasteiger partial charge on any atom is -0.175 e. The molecule has 0 aromatic heterocycles. The van der Waals surface area contributed by atoms with Gasteiger partial charge in [0.1, 0.15) is 0 Å². The van der Waals surface area contributed by atoms with Gasteiger partial charge in [0, 0.05) is 11.7 Å². The van der Waals surface area contributed by atoms with Crippen molar-refractivity contribution < 1.29 is 0 Å². The van der Waals surface area contributed by atoms with Crippen LogP contribution in [0.15, 0.2) is 12.2 Å². The minimum absolute atomic E-state index is 0.325. The van der Waals surface area contributed by atoms with E-state index >= 15 is 0 Å². The Morgan fingerprint density at radius 2 is 2.00 bits per heavy atom. The van der Waals surface area contributed by atoms with E-state index in [4.69, 9.17) is 6.42 Å². The van der Waals surface area contributed by atoms with E-state index in [0.29, 0.717) is 11.3 Å². The molecule has 74 valence electrons. The van der Waals surface area contributed by atoms with E-state index in [-0.39, 0.29) is 0 Å². The Labute approximate surface area is 88.2 Å². The van der Waals surface area contributed by atoms with Crippen LogP contribution in [0.4, 0.5) is 0 Å². The Hall–Kier alpha value is -0.350. The molecule has 0 saturated carbocycles. The lowest BCUT2D eigenvalue weighted by atomic mass is 9.83. The molecule has 0 fully saturated rings. The third-order valence-electron chi connectivity index (χ3n) is 1.79. The van der Waals surface area contributed by atoms with Crippen LogP contribution in [0.25, 0.3) is 0 Å². The molecule has 0 aliphatic carbocycles. The number of allylic oxidation sites excluding steroid dienone is 1. The van der Waals surface area contributed by atoms with Crippen molar-refractivity contribution in [1.82, 2.24) is 0 Å². The van der Waals surface area contributed by atoms with E-state index in [9.17, 15) is 0 Å². The molecule has 0 spiro atoms. The first kappa shape index (κ1) is 12.7. The molecule has 0 aliphatic rings. The van der Waals surface area contributed by atoms with E-state index in [1.54, 1.807) is 0 Å². The number of thiol groups is 1. The first-order valence-corrected chi connectivity index (χ1v) is 5.35. The molecule has 0 bridgehead atoms. The second-order valence-electron chi connectivity index (χ2n) is 4.52. The van der Waals surface area contributed by atoms with Gasteiger partial charge in [-0.1, -0.05) is 32.9 Å². The predicted molar refractivity (Wildman–Crippen MR) is 64.0 cm³/mol. The van der Waals surface area contributed by atoms with Crippen molar-refractivity contribution in [3.63, 3.8) is 0 Å². The van der Waals surface area contributed by atoms with Gasteiger partial charge in [-0.05, 0) is 18.3 Å². The average Bonchev–Trinajstić information content (AvgIpc) is 2.01. The quantitative estimate of drug-likeness (QED) is 0.397. The number of rotatable bonds is 4. The molecule has 0 saturated heterocycles. The lowest BCUT2D eigenvalue weighted by molar-refractivity contribution is 0.332. The van der Waals surface area contributed by atoms with Crippen LogP contribution in [0.2, 0.25) is 0 Å². The van der Waals surface area contributed by atoms with Crippen LogP contribution >= 0.6 is 12.6 Å². The molecule has 13 heavy (non-hydrogen) atoms. The summed E-state index contributed by atoms with van der Waals surface area (Å²) in [5.41, 5.74) is 0.325. The smallest absolute Gasteiger partial charge is 0.0239 e. The fourth-order valence-corrected chi connectivity index (χ4v) is 1.43. The molecular weight excluding hydrogens is 176 g/mol. The number of hydrogen-bond donors (Lipinski definition) is 1. The zero-order chi connectivity index (χ0) is 10.3. The Bertz CT molecular complexity index is 190. The Kier molecular flexibility index (Phi) is 5.99. The van der Waals surface area contributed by atoms with Crippen LogP contribution in [0, 0.1) is 23.7 Å².